The number of rotatable bonds is 5. The molecule has 170 valence electrons. The monoisotopic (exact) mass is 473 g/mol. The van der Waals surface area contributed by atoms with Crippen LogP contribution in [-0.2, 0) is 17.5 Å². The van der Waals surface area contributed by atoms with E-state index in [1.807, 2.05) is 6.92 Å². The van der Waals surface area contributed by atoms with E-state index in [9.17, 15) is 22.8 Å². The lowest BCUT2D eigenvalue weighted by Gasteiger charge is -2.13. The Kier molecular flexibility index (Phi) is 5.66. The second-order valence-electron chi connectivity index (χ2n) is 7.47. The van der Waals surface area contributed by atoms with E-state index >= 15 is 0 Å². The van der Waals surface area contributed by atoms with Crippen molar-refractivity contribution in [2.24, 2.45) is 5.73 Å². The lowest BCUT2D eigenvalue weighted by atomic mass is 10.00. The van der Waals surface area contributed by atoms with Gasteiger partial charge in [-0.15, -0.1) is 11.3 Å². The number of nitrogens with two attached hydrogens (primary N) is 1. The molecule has 3 aromatic heterocycles. The van der Waals surface area contributed by atoms with Crippen molar-refractivity contribution in [3.8, 4) is 11.1 Å². The van der Waals surface area contributed by atoms with Gasteiger partial charge in [-0.1, -0.05) is 29.8 Å². The van der Waals surface area contributed by atoms with Crippen LogP contribution < -0.4 is 11.1 Å². The van der Waals surface area contributed by atoms with Gasteiger partial charge in [-0.25, -0.2) is 4.98 Å². The highest BCUT2D eigenvalue weighted by Gasteiger charge is 2.35. The van der Waals surface area contributed by atoms with Gasteiger partial charge in [-0.05, 0) is 37.1 Å². The van der Waals surface area contributed by atoms with Gasteiger partial charge in [0.15, 0.2) is 0 Å². The van der Waals surface area contributed by atoms with E-state index in [4.69, 9.17) is 5.73 Å². The SMILES string of the molecule is Cc1ccc(-c2cc(C(F)(F)F)nc3sc(C(N)=O)c(NC(=O)Cn4ccc(C)n4)c23)cc1. The molecule has 0 aliphatic carbocycles. The maximum absolute atomic E-state index is 13.6. The maximum atomic E-state index is 13.6. The largest absolute Gasteiger partial charge is 0.433 e. The van der Waals surface area contributed by atoms with Gasteiger partial charge >= 0.3 is 6.18 Å². The third-order valence-electron chi connectivity index (χ3n) is 4.88. The molecule has 0 saturated heterocycles. The first-order valence-electron chi connectivity index (χ1n) is 9.74. The van der Waals surface area contributed by atoms with Gasteiger partial charge < -0.3 is 11.1 Å². The number of anilines is 1. The van der Waals surface area contributed by atoms with Crippen molar-refractivity contribution in [2.45, 2.75) is 26.6 Å². The van der Waals surface area contributed by atoms with Crippen molar-refractivity contribution in [3.05, 3.63) is 64.4 Å². The normalized spacial score (nSPS) is 11.7. The molecule has 4 rings (SSSR count). The fourth-order valence-electron chi connectivity index (χ4n) is 3.37. The minimum Gasteiger partial charge on any atom is -0.365 e. The third kappa shape index (κ3) is 4.58. The van der Waals surface area contributed by atoms with Crippen molar-refractivity contribution in [1.29, 1.82) is 0 Å². The molecule has 33 heavy (non-hydrogen) atoms. The van der Waals surface area contributed by atoms with Gasteiger partial charge in [0.1, 0.15) is 21.9 Å². The number of aryl methyl sites for hydroxylation is 2. The zero-order chi connectivity index (χ0) is 23.9. The Morgan fingerprint density at radius 3 is 2.42 bits per heavy atom. The number of amides is 2. The third-order valence-corrected chi connectivity index (χ3v) is 5.98. The predicted molar refractivity (Wildman–Crippen MR) is 119 cm³/mol. The fourth-order valence-corrected chi connectivity index (χ4v) is 4.38. The molecular formula is C22H18F3N5O2S. The first kappa shape index (κ1) is 22.5. The summed E-state index contributed by atoms with van der Waals surface area (Å²) in [7, 11) is 0. The van der Waals surface area contributed by atoms with Gasteiger partial charge in [0.05, 0.1) is 11.4 Å². The second kappa shape index (κ2) is 8.32. The van der Waals surface area contributed by atoms with Gasteiger partial charge in [-0.2, -0.15) is 18.3 Å². The Bertz CT molecular complexity index is 1370. The van der Waals surface area contributed by atoms with E-state index < -0.39 is 23.7 Å². The van der Waals surface area contributed by atoms with Crippen molar-refractivity contribution in [2.75, 3.05) is 5.32 Å². The number of nitrogens with zero attached hydrogens (tertiary/aromatic N) is 3. The minimum atomic E-state index is -4.70. The molecule has 0 fully saturated rings. The smallest absolute Gasteiger partial charge is 0.365 e. The number of pyridine rings is 1. The summed E-state index contributed by atoms with van der Waals surface area (Å²) in [5.41, 5.74) is 6.72. The average Bonchev–Trinajstić information content (AvgIpc) is 3.30. The zero-order valence-corrected chi connectivity index (χ0v) is 18.3. The fraction of sp³-hybridized carbons (Fsp3) is 0.182. The minimum absolute atomic E-state index is 0.0353. The first-order chi connectivity index (χ1) is 15.5. The number of halogens is 3. The number of carbonyl (C=O) groups excluding carboxylic acids is 2. The second-order valence-corrected chi connectivity index (χ2v) is 8.47. The molecule has 7 nitrogen and oxygen atoms in total. The number of carbonyl (C=O) groups is 2. The van der Waals surface area contributed by atoms with Crippen LogP contribution in [0.2, 0.25) is 0 Å². The Hall–Kier alpha value is -3.73. The van der Waals surface area contributed by atoms with Crippen LogP contribution >= 0.6 is 11.3 Å². The molecule has 11 heteroatoms. The highest BCUT2D eigenvalue weighted by Crippen LogP contribution is 2.43. The molecule has 3 heterocycles. The van der Waals surface area contributed by atoms with E-state index in [1.165, 1.54) is 4.68 Å². The van der Waals surface area contributed by atoms with Gasteiger partial charge in [0.2, 0.25) is 5.91 Å². The quantitative estimate of drug-likeness (QED) is 0.444. The molecule has 3 N–H and O–H groups in total. The van der Waals surface area contributed by atoms with E-state index in [-0.39, 0.29) is 32.9 Å². The first-order valence-corrected chi connectivity index (χ1v) is 10.6. The molecule has 4 aromatic rings. The molecule has 0 unspecified atom stereocenters. The van der Waals surface area contributed by atoms with Crippen molar-refractivity contribution in [1.82, 2.24) is 14.8 Å². The van der Waals surface area contributed by atoms with E-state index in [0.29, 0.717) is 22.6 Å². The molecule has 0 atom stereocenters. The summed E-state index contributed by atoms with van der Waals surface area (Å²) in [6.45, 7) is 3.46. The molecular weight excluding hydrogens is 455 g/mol. The number of aromatic nitrogens is 3. The molecule has 1 aromatic carbocycles. The molecule has 0 bridgehead atoms. The standard InChI is InChI=1S/C22H18F3N5O2S/c1-11-3-5-13(6-4-11)14-9-15(22(23,24)25)27-21-17(14)18(19(33-21)20(26)32)28-16(31)10-30-8-7-12(2)29-30/h3-9H,10H2,1-2H3,(H2,26,32)(H,28,31). The van der Waals surface area contributed by atoms with Crippen LogP contribution in [0.15, 0.2) is 42.6 Å². The number of nitrogens with one attached hydrogen (secondary N) is 1. The Labute approximate surface area is 190 Å². The number of thiophene rings is 1. The van der Waals surface area contributed by atoms with Crippen LogP contribution in [0.4, 0.5) is 18.9 Å². The topological polar surface area (TPSA) is 103 Å². The summed E-state index contributed by atoms with van der Waals surface area (Å²) in [6, 6.07) is 9.49. The van der Waals surface area contributed by atoms with Crippen LogP contribution in [0.25, 0.3) is 21.3 Å². The predicted octanol–water partition coefficient (Wildman–Crippen LogP) is 4.53. The Balaban J connectivity index is 1.90. The van der Waals surface area contributed by atoms with Gasteiger partial charge in [-0.3, -0.25) is 14.3 Å². The van der Waals surface area contributed by atoms with Crippen molar-refractivity contribution in [3.63, 3.8) is 0 Å². The summed E-state index contributed by atoms with van der Waals surface area (Å²) >= 11 is 0.704. The lowest BCUT2D eigenvalue weighted by Crippen LogP contribution is -2.21. The summed E-state index contributed by atoms with van der Waals surface area (Å²) in [6.07, 6.45) is -3.09. The number of hydrogen-bond acceptors (Lipinski definition) is 5. The molecule has 0 aliphatic rings. The molecule has 0 spiro atoms. The summed E-state index contributed by atoms with van der Waals surface area (Å²) in [5.74, 6) is -1.40. The summed E-state index contributed by atoms with van der Waals surface area (Å²) in [5, 5.41) is 7.00. The highest BCUT2D eigenvalue weighted by atomic mass is 32.1. The van der Waals surface area contributed by atoms with Crippen LogP contribution in [0.1, 0.15) is 26.6 Å². The Morgan fingerprint density at radius 2 is 1.85 bits per heavy atom. The van der Waals surface area contributed by atoms with Crippen LogP contribution in [0.5, 0.6) is 0 Å². The number of alkyl halides is 3. The Morgan fingerprint density at radius 1 is 1.15 bits per heavy atom. The number of primary amides is 1. The number of hydrogen-bond donors (Lipinski definition) is 2. The number of benzene rings is 1. The van der Waals surface area contributed by atoms with E-state index in [2.05, 4.69) is 15.4 Å². The van der Waals surface area contributed by atoms with Crippen molar-refractivity contribution >= 4 is 39.1 Å². The maximum Gasteiger partial charge on any atom is 0.433 e. The lowest BCUT2D eigenvalue weighted by molar-refractivity contribution is -0.140. The highest BCUT2D eigenvalue weighted by molar-refractivity contribution is 7.21. The summed E-state index contributed by atoms with van der Waals surface area (Å²) in [4.78, 5) is 28.4. The summed E-state index contributed by atoms with van der Waals surface area (Å²) < 4.78 is 42.1. The molecule has 0 saturated carbocycles. The van der Waals surface area contributed by atoms with Gasteiger partial charge in [0.25, 0.3) is 5.91 Å². The van der Waals surface area contributed by atoms with Gasteiger partial charge in [0, 0.05) is 11.6 Å². The van der Waals surface area contributed by atoms with Crippen LogP contribution in [0.3, 0.4) is 0 Å². The molecule has 2 amide bonds. The average molecular weight is 473 g/mol. The molecule has 0 radical (unpaired) electrons. The zero-order valence-electron chi connectivity index (χ0n) is 17.5. The van der Waals surface area contributed by atoms with E-state index in [0.717, 1.165) is 11.6 Å². The van der Waals surface area contributed by atoms with Crippen molar-refractivity contribution < 1.29 is 22.8 Å². The molecule has 0 aliphatic heterocycles. The number of fused-ring (bicyclic) bond motifs is 1. The van der Waals surface area contributed by atoms with Crippen LogP contribution in [0, 0.1) is 13.8 Å². The van der Waals surface area contributed by atoms with E-state index in [1.54, 1.807) is 43.5 Å². The van der Waals surface area contributed by atoms with Crippen LogP contribution in [-0.4, -0.2) is 26.6 Å².